The van der Waals surface area contributed by atoms with E-state index in [2.05, 4.69) is 64.2 Å². The quantitative estimate of drug-likeness (QED) is 0.795. The fraction of sp³-hybridized carbons (Fsp3) is 0.812. The van der Waals surface area contributed by atoms with Gasteiger partial charge in [-0.15, -0.1) is 0 Å². The Labute approximate surface area is 123 Å². The Bertz CT molecular complexity index is 379. The Morgan fingerprint density at radius 1 is 1.35 bits per heavy atom. The van der Waals surface area contributed by atoms with E-state index in [4.69, 9.17) is 4.74 Å². The second kappa shape index (κ2) is 7.79. The van der Waals surface area contributed by atoms with Crippen molar-refractivity contribution in [3.63, 3.8) is 0 Å². The van der Waals surface area contributed by atoms with Crippen molar-refractivity contribution in [1.82, 2.24) is 15.1 Å². The van der Waals surface area contributed by atoms with Crippen molar-refractivity contribution in [2.24, 2.45) is 0 Å². The van der Waals surface area contributed by atoms with Crippen LogP contribution in [0.4, 0.5) is 0 Å². The predicted molar refractivity (Wildman–Crippen MR) is 84.1 cm³/mol. The summed E-state index contributed by atoms with van der Waals surface area (Å²) in [7, 11) is 0. The number of nitrogens with one attached hydrogen (secondary N) is 1. The normalized spacial score (nSPS) is 13.9. The van der Waals surface area contributed by atoms with Gasteiger partial charge in [0.2, 0.25) is 0 Å². The molecule has 0 aliphatic heterocycles. The van der Waals surface area contributed by atoms with Crippen molar-refractivity contribution in [2.75, 3.05) is 13.2 Å². The highest BCUT2D eigenvalue weighted by Gasteiger charge is 2.16. The first-order chi connectivity index (χ1) is 9.31. The van der Waals surface area contributed by atoms with Gasteiger partial charge >= 0.3 is 0 Å². The summed E-state index contributed by atoms with van der Waals surface area (Å²) >= 11 is 0. The lowest BCUT2D eigenvalue weighted by Gasteiger charge is -2.25. The number of aromatic nitrogens is 2. The number of rotatable bonds is 8. The van der Waals surface area contributed by atoms with Crippen molar-refractivity contribution >= 4 is 0 Å². The minimum atomic E-state index is -0.0938. The van der Waals surface area contributed by atoms with Crippen LogP contribution in [0.2, 0.25) is 0 Å². The molecule has 116 valence electrons. The highest BCUT2D eigenvalue weighted by atomic mass is 16.5. The zero-order chi connectivity index (χ0) is 15.2. The highest BCUT2D eigenvalue weighted by molar-refractivity contribution is 5.02. The first-order valence-corrected chi connectivity index (χ1v) is 7.73. The molecule has 0 aromatic carbocycles. The molecule has 1 aromatic rings. The molecular weight excluding hydrogens is 250 g/mol. The minimum absolute atomic E-state index is 0.0938. The Balaban J connectivity index is 2.58. The van der Waals surface area contributed by atoms with Crippen LogP contribution in [0, 0.1) is 0 Å². The first kappa shape index (κ1) is 17.2. The highest BCUT2D eigenvalue weighted by Crippen LogP contribution is 2.10. The monoisotopic (exact) mass is 281 g/mol. The summed E-state index contributed by atoms with van der Waals surface area (Å²) in [4.78, 5) is 0. The molecule has 0 aliphatic rings. The first-order valence-electron chi connectivity index (χ1n) is 7.73. The molecular formula is C16H31N3O. The van der Waals surface area contributed by atoms with E-state index in [1.54, 1.807) is 0 Å². The van der Waals surface area contributed by atoms with E-state index in [1.807, 2.05) is 4.68 Å². The van der Waals surface area contributed by atoms with Crippen molar-refractivity contribution in [3.05, 3.63) is 18.0 Å². The zero-order valence-corrected chi connectivity index (χ0v) is 13.9. The van der Waals surface area contributed by atoms with Crippen LogP contribution in [0.5, 0.6) is 0 Å². The molecule has 1 heterocycles. The van der Waals surface area contributed by atoms with E-state index in [-0.39, 0.29) is 5.60 Å². The molecule has 0 saturated carbocycles. The SMILES string of the molecule is CCCNC(COC(C)(C)C)Cc1ccn(C(C)C)n1. The smallest absolute Gasteiger partial charge is 0.0641 e. The van der Waals surface area contributed by atoms with E-state index < -0.39 is 0 Å². The molecule has 0 bridgehead atoms. The summed E-state index contributed by atoms with van der Waals surface area (Å²) in [5.41, 5.74) is 1.04. The molecule has 0 amide bonds. The molecule has 0 saturated heterocycles. The summed E-state index contributed by atoms with van der Waals surface area (Å²) in [6, 6.07) is 2.85. The fourth-order valence-electron chi connectivity index (χ4n) is 1.92. The Morgan fingerprint density at radius 3 is 2.55 bits per heavy atom. The molecule has 1 rings (SSSR count). The third-order valence-corrected chi connectivity index (χ3v) is 3.05. The van der Waals surface area contributed by atoms with Gasteiger partial charge in [0.25, 0.3) is 0 Å². The van der Waals surface area contributed by atoms with E-state index in [9.17, 15) is 0 Å². The molecule has 4 heteroatoms. The van der Waals surface area contributed by atoms with Crippen LogP contribution in [-0.4, -0.2) is 34.6 Å². The lowest BCUT2D eigenvalue weighted by atomic mass is 10.1. The van der Waals surface area contributed by atoms with Crippen LogP contribution in [0.25, 0.3) is 0 Å². The van der Waals surface area contributed by atoms with Crippen molar-refractivity contribution < 1.29 is 4.74 Å². The lowest BCUT2D eigenvalue weighted by Crippen LogP contribution is -2.38. The van der Waals surface area contributed by atoms with E-state index in [0.29, 0.717) is 12.1 Å². The van der Waals surface area contributed by atoms with Crippen LogP contribution < -0.4 is 5.32 Å². The van der Waals surface area contributed by atoms with E-state index in [0.717, 1.165) is 31.7 Å². The summed E-state index contributed by atoms with van der Waals surface area (Å²) in [6.45, 7) is 14.5. The Hall–Kier alpha value is -0.870. The predicted octanol–water partition coefficient (Wildman–Crippen LogP) is 3.19. The van der Waals surface area contributed by atoms with Gasteiger partial charge in [-0.25, -0.2) is 0 Å². The molecule has 0 spiro atoms. The number of ether oxygens (including phenoxy) is 1. The lowest BCUT2D eigenvalue weighted by molar-refractivity contribution is -0.0144. The minimum Gasteiger partial charge on any atom is -0.374 e. The maximum absolute atomic E-state index is 5.92. The molecule has 0 fully saturated rings. The van der Waals surface area contributed by atoms with Gasteiger partial charge in [-0.1, -0.05) is 6.92 Å². The maximum atomic E-state index is 5.92. The van der Waals surface area contributed by atoms with E-state index >= 15 is 0 Å². The molecule has 1 N–H and O–H groups in total. The molecule has 1 aromatic heterocycles. The summed E-state index contributed by atoms with van der Waals surface area (Å²) in [6.07, 6.45) is 4.10. The van der Waals surface area contributed by atoms with Crippen LogP contribution >= 0.6 is 0 Å². The number of nitrogens with zero attached hydrogens (tertiary/aromatic N) is 2. The van der Waals surface area contributed by atoms with Crippen LogP contribution in [-0.2, 0) is 11.2 Å². The average molecular weight is 281 g/mol. The van der Waals surface area contributed by atoms with Gasteiger partial charge in [0.15, 0.2) is 0 Å². The summed E-state index contributed by atoms with van der Waals surface area (Å²) in [5, 5.41) is 8.18. The van der Waals surface area contributed by atoms with Gasteiger partial charge in [0, 0.05) is 24.7 Å². The topological polar surface area (TPSA) is 39.1 Å². The third kappa shape index (κ3) is 6.53. The van der Waals surface area contributed by atoms with Crippen LogP contribution in [0.15, 0.2) is 12.3 Å². The zero-order valence-electron chi connectivity index (χ0n) is 13.9. The molecule has 1 atom stereocenters. The van der Waals surface area contributed by atoms with E-state index in [1.165, 1.54) is 0 Å². The van der Waals surface area contributed by atoms with Crippen LogP contribution in [0.3, 0.4) is 0 Å². The van der Waals surface area contributed by atoms with Gasteiger partial charge in [0.1, 0.15) is 0 Å². The van der Waals surface area contributed by atoms with Gasteiger partial charge in [-0.05, 0) is 53.7 Å². The molecule has 20 heavy (non-hydrogen) atoms. The molecule has 1 unspecified atom stereocenters. The van der Waals surface area contributed by atoms with Gasteiger partial charge in [0.05, 0.1) is 17.9 Å². The molecule has 0 radical (unpaired) electrons. The Morgan fingerprint density at radius 2 is 2.05 bits per heavy atom. The van der Waals surface area contributed by atoms with Crippen molar-refractivity contribution in [3.8, 4) is 0 Å². The summed E-state index contributed by atoms with van der Waals surface area (Å²) < 4.78 is 7.93. The maximum Gasteiger partial charge on any atom is 0.0641 e. The third-order valence-electron chi connectivity index (χ3n) is 3.05. The van der Waals surface area contributed by atoms with Crippen molar-refractivity contribution in [2.45, 2.75) is 72.1 Å². The molecule has 0 aliphatic carbocycles. The molecule has 4 nitrogen and oxygen atoms in total. The van der Waals surface area contributed by atoms with Gasteiger partial charge in [-0.2, -0.15) is 5.10 Å². The second-order valence-corrected chi connectivity index (χ2v) is 6.66. The number of hydrogen-bond donors (Lipinski definition) is 1. The van der Waals surface area contributed by atoms with Crippen LogP contribution in [0.1, 0.15) is 59.7 Å². The fourth-order valence-corrected chi connectivity index (χ4v) is 1.92. The van der Waals surface area contributed by atoms with Gasteiger partial charge in [-0.3, -0.25) is 4.68 Å². The summed E-state index contributed by atoms with van der Waals surface area (Å²) in [5.74, 6) is 0. The number of hydrogen-bond acceptors (Lipinski definition) is 3. The second-order valence-electron chi connectivity index (χ2n) is 6.66. The van der Waals surface area contributed by atoms with Crippen molar-refractivity contribution in [1.29, 1.82) is 0 Å². The average Bonchev–Trinajstić information content (AvgIpc) is 2.80. The largest absolute Gasteiger partial charge is 0.374 e. The standard InChI is InChI=1S/C16H31N3O/c1-7-9-17-15(12-20-16(4,5)6)11-14-8-10-19(18-14)13(2)3/h8,10,13,15,17H,7,9,11-12H2,1-6H3. The van der Waals surface area contributed by atoms with Gasteiger partial charge < -0.3 is 10.1 Å². The Kier molecular flexibility index (Phi) is 6.69.